The van der Waals surface area contributed by atoms with Gasteiger partial charge in [-0.05, 0) is 25.0 Å². The van der Waals surface area contributed by atoms with Crippen LogP contribution in [0.4, 0.5) is 5.82 Å². The second-order valence-corrected chi connectivity index (χ2v) is 5.91. The molecule has 0 atom stereocenters. The van der Waals surface area contributed by atoms with Gasteiger partial charge in [0.25, 0.3) is 5.91 Å². The lowest BCUT2D eigenvalue weighted by molar-refractivity contribution is -0.148. The standard InChI is InChI=1S/C16H16ClN3O3/c1-20-14(18-15(21)9-23-16(22)11-2-3-11)8-13(19-20)10-4-6-12(17)7-5-10/h4-8,11H,2-3,9H2,1H3,(H,18,21). The van der Waals surface area contributed by atoms with Crippen LogP contribution >= 0.6 is 11.6 Å². The molecule has 6 nitrogen and oxygen atoms in total. The predicted octanol–water partition coefficient (Wildman–Crippen LogP) is 2.63. The third kappa shape index (κ3) is 3.90. The highest BCUT2D eigenvalue weighted by Crippen LogP contribution is 2.30. The molecule has 0 spiro atoms. The number of amides is 1. The van der Waals surface area contributed by atoms with Crippen molar-refractivity contribution >= 4 is 29.3 Å². The second kappa shape index (κ2) is 6.42. The average Bonchev–Trinajstić information content (AvgIpc) is 3.31. The smallest absolute Gasteiger partial charge is 0.309 e. The van der Waals surface area contributed by atoms with Gasteiger partial charge in [0.1, 0.15) is 5.82 Å². The van der Waals surface area contributed by atoms with Crippen molar-refractivity contribution in [1.29, 1.82) is 0 Å². The fourth-order valence-electron chi connectivity index (χ4n) is 2.10. The number of aromatic nitrogens is 2. The van der Waals surface area contributed by atoms with Crippen molar-refractivity contribution in [3.05, 3.63) is 35.4 Å². The van der Waals surface area contributed by atoms with E-state index >= 15 is 0 Å². The summed E-state index contributed by atoms with van der Waals surface area (Å²) in [7, 11) is 1.73. The molecule has 2 aromatic rings. The zero-order valence-electron chi connectivity index (χ0n) is 12.6. The van der Waals surface area contributed by atoms with Gasteiger partial charge in [-0.25, -0.2) is 0 Å². The lowest BCUT2D eigenvalue weighted by Gasteiger charge is -2.05. The molecule has 1 fully saturated rings. The number of rotatable bonds is 5. The Morgan fingerprint density at radius 1 is 1.35 bits per heavy atom. The number of aryl methyl sites for hydroxylation is 1. The molecule has 7 heteroatoms. The van der Waals surface area contributed by atoms with Gasteiger partial charge in [-0.2, -0.15) is 5.10 Å². The Morgan fingerprint density at radius 2 is 2.04 bits per heavy atom. The van der Waals surface area contributed by atoms with Crippen LogP contribution < -0.4 is 5.32 Å². The van der Waals surface area contributed by atoms with Crippen LogP contribution in [0.25, 0.3) is 11.3 Å². The summed E-state index contributed by atoms with van der Waals surface area (Å²) in [5.41, 5.74) is 1.61. The number of halogens is 1. The first-order valence-corrected chi connectivity index (χ1v) is 7.67. The van der Waals surface area contributed by atoms with Gasteiger partial charge in [-0.15, -0.1) is 0 Å². The summed E-state index contributed by atoms with van der Waals surface area (Å²) < 4.78 is 6.51. The van der Waals surface area contributed by atoms with Crippen LogP contribution in [0.1, 0.15) is 12.8 Å². The summed E-state index contributed by atoms with van der Waals surface area (Å²) in [6, 6.07) is 9.02. The zero-order valence-corrected chi connectivity index (χ0v) is 13.3. The molecule has 1 aromatic heterocycles. The van der Waals surface area contributed by atoms with E-state index in [-0.39, 0.29) is 24.4 Å². The van der Waals surface area contributed by atoms with E-state index in [2.05, 4.69) is 10.4 Å². The number of nitrogens with zero attached hydrogens (tertiary/aromatic N) is 2. The lowest BCUT2D eigenvalue weighted by atomic mass is 10.1. The van der Waals surface area contributed by atoms with Crippen LogP contribution in [0, 0.1) is 5.92 Å². The van der Waals surface area contributed by atoms with E-state index < -0.39 is 0 Å². The van der Waals surface area contributed by atoms with E-state index in [9.17, 15) is 9.59 Å². The molecule has 1 saturated carbocycles. The van der Waals surface area contributed by atoms with E-state index in [1.54, 1.807) is 29.9 Å². The molecule has 1 heterocycles. The number of carbonyl (C=O) groups excluding carboxylic acids is 2. The Morgan fingerprint density at radius 3 is 2.70 bits per heavy atom. The SMILES string of the molecule is Cn1nc(-c2ccc(Cl)cc2)cc1NC(=O)COC(=O)C1CC1. The highest BCUT2D eigenvalue weighted by molar-refractivity contribution is 6.30. The van der Waals surface area contributed by atoms with E-state index in [0.29, 0.717) is 10.8 Å². The van der Waals surface area contributed by atoms with Gasteiger partial charge in [0.15, 0.2) is 6.61 Å². The molecule has 0 saturated heterocycles. The Kier molecular flexibility index (Phi) is 4.34. The number of carbonyl (C=O) groups is 2. The monoisotopic (exact) mass is 333 g/mol. The number of benzene rings is 1. The van der Waals surface area contributed by atoms with Crippen LogP contribution in [0.5, 0.6) is 0 Å². The van der Waals surface area contributed by atoms with Crippen molar-refractivity contribution in [2.24, 2.45) is 13.0 Å². The maximum absolute atomic E-state index is 11.9. The summed E-state index contributed by atoms with van der Waals surface area (Å²) in [6.45, 7) is -0.281. The second-order valence-electron chi connectivity index (χ2n) is 5.48. The molecule has 1 N–H and O–H groups in total. The molecule has 1 aliphatic rings. The van der Waals surface area contributed by atoms with Gasteiger partial charge in [0.2, 0.25) is 0 Å². The molecule has 120 valence electrons. The van der Waals surface area contributed by atoms with Crippen molar-refractivity contribution in [2.75, 3.05) is 11.9 Å². The number of anilines is 1. The van der Waals surface area contributed by atoms with E-state index in [1.165, 1.54) is 0 Å². The number of hydrogen-bond acceptors (Lipinski definition) is 4. The summed E-state index contributed by atoms with van der Waals surface area (Å²) in [4.78, 5) is 23.3. The Labute approximate surface area is 138 Å². The normalized spacial score (nSPS) is 13.7. The summed E-state index contributed by atoms with van der Waals surface area (Å²) >= 11 is 5.87. The minimum absolute atomic E-state index is 0.0176. The summed E-state index contributed by atoms with van der Waals surface area (Å²) in [5, 5.41) is 7.68. The Bertz CT molecular complexity index is 736. The van der Waals surface area contributed by atoms with Crippen LogP contribution in [0.2, 0.25) is 5.02 Å². The maximum Gasteiger partial charge on any atom is 0.309 e. The molecule has 0 unspecified atom stereocenters. The molecule has 0 bridgehead atoms. The largest absolute Gasteiger partial charge is 0.455 e. The molecule has 23 heavy (non-hydrogen) atoms. The first kappa shape index (κ1) is 15.6. The molecular formula is C16H16ClN3O3. The lowest BCUT2D eigenvalue weighted by Crippen LogP contribution is -2.22. The highest BCUT2D eigenvalue weighted by atomic mass is 35.5. The van der Waals surface area contributed by atoms with Crippen molar-refractivity contribution in [3.8, 4) is 11.3 Å². The fourth-order valence-corrected chi connectivity index (χ4v) is 2.22. The van der Waals surface area contributed by atoms with Crippen LogP contribution in [-0.4, -0.2) is 28.3 Å². The Balaban J connectivity index is 1.62. The zero-order chi connectivity index (χ0) is 16.4. The quantitative estimate of drug-likeness (QED) is 0.854. The van der Waals surface area contributed by atoms with Crippen molar-refractivity contribution < 1.29 is 14.3 Å². The average molecular weight is 334 g/mol. The minimum Gasteiger partial charge on any atom is -0.455 e. The third-order valence-corrected chi connectivity index (χ3v) is 3.80. The minimum atomic E-state index is -0.385. The number of esters is 1. The Hall–Kier alpha value is -2.34. The molecule has 1 aliphatic carbocycles. The number of hydrogen-bond donors (Lipinski definition) is 1. The number of ether oxygens (including phenoxy) is 1. The molecule has 1 amide bonds. The van der Waals surface area contributed by atoms with E-state index in [1.807, 2.05) is 12.1 Å². The summed E-state index contributed by atoms with van der Waals surface area (Å²) in [6.07, 6.45) is 1.71. The van der Waals surface area contributed by atoms with Crippen molar-refractivity contribution in [2.45, 2.75) is 12.8 Å². The summed E-state index contributed by atoms with van der Waals surface area (Å²) in [5.74, 6) is -0.171. The van der Waals surface area contributed by atoms with Crippen LogP contribution in [0.15, 0.2) is 30.3 Å². The van der Waals surface area contributed by atoms with E-state index in [0.717, 1.165) is 24.1 Å². The van der Waals surface area contributed by atoms with Gasteiger partial charge in [0, 0.05) is 23.7 Å². The first-order valence-electron chi connectivity index (χ1n) is 7.29. The van der Waals surface area contributed by atoms with Gasteiger partial charge < -0.3 is 10.1 Å². The topological polar surface area (TPSA) is 73.2 Å². The number of nitrogens with one attached hydrogen (secondary N) is 1. The van der Waals surface area contributed by atoms with Crippen molar-refractivity contribution in [1.82, 2.24) is 9.78 Å². The van der Waals surface area contributed by atoms with E-state index in [4.69, 9.17) is 16.3 Å². The molecule has 3 rings (SSSR count). The van der Waals surface area contributed by atoms with Crippen LogP contribution in [-0.2, 0) is 21.4 Å². The van der Waals surface area contributed by atoms with Gasteiger partial charge in [-0.3, -0.25) is 14.3 Å². The third-order valence-electron chi connectivity index (χ3n) is 3.54. The van der Waals surface area contributed by atoms with Gasteiger partial charge in [0.05, 0.1) is 11.6 Å². The first-order chi connectivity index (χ1) is 11.0. The fraction of sp³-hybridized carbons (Fsp3) is 0.312. The molecule has 1 aromatic carbocycles. The predicted molar refractivity (Wildman–Crippen MR) is 86.0 cm³/mol. The molecular weight excluding hydrogens is 318 g/mol. The van der Waals surface area contributed by atoms with Crippen LogP contribution in [0.3, 0.4) is 0 Å². The molecule has 0 aliphatic heterocycles. The van der Waals surface area contributed by atoms with Crippen molar-refractivity contribution in [3.63, 3.8) is 0 Å². The molecule has 0 radical (unpaired) electrons. The van der Waals surface area contributed by atoms with Gasteiger partial charge >= 0.3 is 5.97 Å². The van der Waals surface area contributed by atoms with Gasteiger partial charge in [-0.1, -0.05) is 23.7 Å². The highest BCUT2D eigenvalue weighted by Gasteiger charge is 2.31. The maximum atomic E-state index is 11.9.